The standard InChI is InChI=1S/C22H17FN2O3/c23-16-9-7-14(8-10-16)13-25-20(15-4-3-11-24-12-15)19(22(27)28)17-5-1-2-6-18(17)21(25)26/h1-12,19-20H,13H2,(H,27,28). The zero-order chi connectivity index (χ0) is 19.7. The Morgan fingerprint density at radius 1 is 1.07 bits per heavy atom. The monoisotopic (exact) mass is 376 g/mol. The topological polar surface area (TPSA) is 70.5 Å². The van der Waals surface area contributed by atoms with Gasteiger partial charge in [-0.3, -0.25) is 14.6 Å². The molecular weight excluding hydrogens is 359 g/mol. The van der Waals surface area contributed by atoms with E-state index in [1.54, 1.807) is 60.9 Å². The molecule has 0 saturated heterocycles. The molecular formula is C22H17FN2O3. The number of fused-ring (bicyclic) bond motifs is 1. The van der Waals surface area contributed by atoms with Crippen molar-refractivity contribution in [1.29, 1.82) is 0 Å². The van der Waals surface area contributed by atoms with Gasteiger partial charge in [0, 0.05) is 24.5 Å². The molecule has 3 aromatic rings. The molecule has 0 fully saturated rings. The van der Waals surface area contributed by atoms with Crippen LogP contribution in [0.15, 0.2) is 73.1 Å². The summed E-state index contributed by atoms with van der Waals surface area (Å²) in [6.45, 7) is 0.163. The van der Waals surface area contributed by atoms with Crippen molar-refractivity contribution in [2.75, 3.05) is 0 Å². The summed E-state index contributed by atoms with van der Waals surface area (Å²) in [7, 11) is 0. The van der Waals surface area contributed by atoms with Gasteiger partial charge in [-0.2, -0.15) is 0 Å². The van der Waals surface area contributed by atoms with Crippen molar-refractivity contribution >= 4 is 11.9 Å². The Labute approximate surface area is 161 Å². The Balaban J connectivity index is 1.86. The van der Waals surface area contributed by atoms with Crippen LogP contribution in [0.3, 0.4) is 0 Å². The molecule has 2 heterocycles. The third-order valence-electron chi connectivity index (χ3n) is 5.00. The van der Waals surface area contributed by atoms with Crippen LogP contribution in [-0.4, -0.2) is 26.9 Å². The van der Waals surface area contributed by atoms with Gasteiger partial charge in [0.05, 0.1) is 6.04 Å². The fourth-order valence-electron chi connectivity index (χ4n) is 3.74. The summed E-state index contributed by atoms with van der Waals surface area (Å²) in [6.07, 6.45) is 3.18. The fourth-order valence-corrected chi connectivity index (χ4v) is 3.74. The van der Waals surface area contributed by atoms with Gasteiger partial charge in [-0.15, -0.1) is 0 Å². The van der Waals surface area contributed by atoms with Crippen LogP contribution in [0.25, 0.3) is 0 Å². The van der Waals surface area contributed by atoms with Crippen LogP contribution >= 0.6 is 0 Å². The Hall–Kier alpha value is -3.54. The molecule has 0 aliphatic carbocycles. The van der Waals surface area contributed by atoms with Gasteiger partial charge in [0.2, 0.25) is 0 Å². The molecule has 28 heavy (non-hydrogen) atoms. The van der Waals surface area contributed by atoms with E-state index in [0.717, 1.165) is 0 Å². The number of benzene rings is 2. The van der Waals surface area contributed by atoms with Gasteiger partial charge in [0.1, 0.15) is 11.7 Å². The Morgan fingerprint density at radius 3 is 2.50 bits per heavy atom. The number of carbonyl (C=O) groups is 2. The van der Waals surface area contributed by atoms with Gasteiger partial charge in [0.25, 0.3) is 5.91 Å². The van der Waals surface area contributed by atoms with E-state index in [9.17, 15) is 19.1 Å². The van der Waals surface area contributed by atoms with E-state index in [4.69, 9.17) is 0 Å². The summed E-state index contributed by atoms with van der Waals surface area (Å²) in [5.41, 5.74) is 2.22. The van der Waals surface area contributed by atoms with E-state index in [-0.39, 0.29) is 18.3 Å². The van der Waals surface area contributed by atoms with Crippen LogP contribution in [0.4, 0.5) is 4.39 Å². The molecule has 1 aliphatic heterocycles. The van der Waals surface area contributed by atoms with Crippen molar-refractivity contribution in [2.45, 2.75) is 18.5 Å². The van der Waals surface area contributed by atoms with Crippen LogP contribution in [0.2, 0.25) is 0 Å². The second kappa shape index (κ2) is 7.23. The first-order valence-electron chi connectivity index (χ1n) is 8.83. The average molecular weight is 376 g/mol. The molecule has 1 amide bonds. The van der Waals surface area contributed by atoms with Crippen molar-refractivity contribution in [1.82, 2.24) is 9.88 Å². The first-order chi connectivity index (χ1) is 13.6. The SMILES string of the molecule is O=C(O)C1c2ccccc2C(=O)N(Cc2ccc(F)cc2)C1c1cccnc1. The lowest BCUT2D eigenvalue weighted by Crippen LogP contribution is -2.44. The molecule has 2 unspecified atom stereocenters. The normalized spacial score (nSPS) is 18.6. The number of halogens is 1. The lowest BCUT2D eigenvalue weighted by atomic mass is 9.80. The third-order valence-corrected chi connectivity index (χ3v) is 5.00. The maximum atomic E-state index is 13.3. The number of hydrogen-bond donors (Lipinski definition) is 1. The number of rotatable bonds is 4. The van der Waals surface area contributed by atoms with E-state index < -0.39 is 17.9 Å². The molecule has 4 rings (SSSR count). The van der Waals surface area contributed by atoms with Crippen molar-refractivity contribution in [2.24, 2.45) is 0 Å². The summed E-state index contributed by atoms with van der Waals surface area (Å²) in [6, 6.07) is 15.4. The number of carboxylic acid groups (broad SMARTS) is 1. The summed E-state index contributed by atoms with van der Waals surface area (Å²) in [4.78, 5) is 31.2. The van der Waals surface area contributed by atoms with Crippen LogP contribution in [0, 0.1) is 5.82 Å². The van der Waals surface area contributed by atoms with E-state index in [1.807, 2.05) is 0 Å². The molecule has 6 heteroatoms. The summed E-state index contributed by atoms with van der Waals surface area (Å²) >= 11 is 0. The lowest BCUT2D eigenvalue weighted by Gasteiger charge is -2.40. The molecule has 0 radical (unpaired) electrons. The zero-order valence-electron chi connectivity index (χ0n) is 14.8. The highest BCUT2D eigenvalue weighted by Crippen LogP contribution is 2.43. The molecule has 1 aromatic heterocycles. The van der Waals surface area contributed by atoms with E-state index in [1.165, 1.54) is 17.0 Å². The number of pyridine rings is 1. The van der Waals surface area contributed by atoms with Gasteiger partial charge in [-0.1, -0.05) is 36.4 Å². The van der Waals surface area contributed by atoms with Crippen molar-refractivity contribution in [3.63, 3.8) is 0 Å². The highest BCUT2D eigenvalue weighted by Gasteiger charge is 2.44. The number of amides is 1. The maximum absolute atomic E-state index is 13.3. The van der Waals surface area contributed by atoms with Gasteiger partial charge in [-0.25, -0.2) is 4.39 Å². The number of hydrogen-bond acceptors (Lipinski definition) is 3. The first kappa shape index (κ1) is 17.9. The Morgan fingerprint density at radius 2 is 1.82 bits per heavy atom. The smallest absolute Gasteiger partial charge is 0.313 e. The summed E-state index contributed by atoms with van der Waals surface area (Å²) in [5, 5.41) is 10.0. The molecule has 2 aromatic carbocycles. The summed E-state index contributed by atoms with van der Waals surface area (Å²) in [5.74, 6) is -2.57. The lowest BCUT2D eigenvalue weighted by molar-refractivity contribution is -0.140. The van der Waals surface area contributed by atoms with E-state index in [0.29, 0.717) is 22.3 Å². The Bertz CT molecular complexity index is 1020. The second-order valence-corrected chi connectivity index (χ2v) is 6.69. The minimum Gasteiger partial charge on any atom is -0.481 e. The van der Waals surface area contributed by atoms with Crippen LogP contribution in [0.1, 0.15) is 39.0 Å². The molecule has 0 saturated carbocycles. The quantitative estimate of drug-likeness (QED) is 0.752. The zero-order valence-corrected chi connectivity index (χ0v) is 14.8. The van der Waals surface area contributed by atoms with Crippen molar-refractivity contribution < 1.29 is 19.1 Å². The number of aromatic nitrogens is 1. The molecule has 0 bridgehead atoms. The number of carboxylic acids is 1. The number of nitrogens with zero attached hydrogens (tertiary/aromatic N) is 2. The number of carbonyl (C=O) groups excluding carboxylic acids is 1. The fraction of sp³-hybridized carbons (Fsp3) is 0.136. The van der Waals surface area contributed by atoms with Crippen molar-refractivity contribution in [3.05, 3.63) is 101 Å². The third kappa shape index (κ3) is 3.13. The molecule has 1 aliphatic rings. The van der Waals surface area contributed by atoms with Crippen molar-refractivity contribution in [3.8, 4) is 0 Å². The maximum Gasteiger partial charge on any atom is 0.313 e. The van der Waals surface area contributed by atoms with E-state index >= 15 is 0 Å². The van der Waals surface area contributed by atoms with Crippen LogP contribution in [0.5, 0.6) is 0 Å². The average Bonchev–Trinajstić information content (AvgIpc) is 2.71. The molecule has 0 spiro atoms. The Kier molecular flexibility index (Phi) is 4.61. The van der Waals surface area contributed by atoms with E-state index in [2.05, 4.69) is 4.98 Å². The molecule has 140 valence electrons. The predicted molar refractivity (Wildman–Crippen MR) is 100 cm³/mol. The van der Waals surface area contributed by atoms with Crippen LogP contribution < -0.4 is 0 Å². The van der Waals surface area contributed by atoms with Gasteiger partial charge < -0.3 is 10.0 Å². The van der Waals surface area contributed by atoms with Gasteiger partial charge in [-0.05, 0) is 41.0 Å². The molecule has 2 atom stereocenters. The van der Waals surface area contributed by atoms with Gasteiger partial charge in [0.15, 0.2) is 0 Å². The second-order valence-electron chi connectivity index (χ2n) is 6.69. The highest BCUT2D eigenvalue weighted by atomic mass is 19.1. The largest absolute Gasteiger partial charge is 0.481 e. The predicted octanol–water partition coefficient (Wildman–Crippen LogP) is 3.79. The molecule has 1 N–H and O–H groups in total. The van der Waals surface area contributed by atoms with Gasteiger partial charge >= 0.3 is 5.97 Å². The first-order valence-corrected chi connectivity index (χ1v) is 8.83. The minimum atomic E-state index is -1.02. The summed E-state index contributed by atoms with van der Waals surface area (Å²) < 4.78 is 13.3. The molecule has 5 nitrogen and oxygen atoms in total. The van der Waals surface area contributed by atoms with Crippen LogP contribution in [-0.2, 0) is 11.3 Å². The highest BCUT2D eigenvalue weighted by molar-refractivity contribution is 6.00. The minimum absolute atomic E-state index is 0.163. The number of aliphatic carboxylic acids is 1.